The molecule has 1 atom stereocenters. The topological polar surface area (TPSA) is 65.0 Å². The third kappa shape index (κ3) is 2.60. The molecule has 0 bridgehead atoms. The van der Waals surface area contributed by atoms with Gasteiger partial charge in [-0.05, 0) is 12.8 Å². The molecule has 1 N–H and O–H groups in total. The van der Waals surface area contributed by atoms with Crippen molar-refractivity contribution in [3.05, 3.63) is 0 Å². The van der Waals surface area contributed by atoms with Gasteiger partial charge in [-0.15, -0.1) is 0 Å². The van der Waals surface area contributed by atoms with E-state index in [9.17, 15) is 4.79 Å². The van der Waals surface area contributed by atoms with Crippen molar-refractivity contribution in [3.8, 4) is 0 Å². The van der Waals surface area contributed by atoms with Gasteiger partial charge < -0.3 is 19.3 Å². The van der Waals surface area contributed by atoms with Crippen molar-refractivity contribution in [1.82, 2.24) is 0 Å². The SMILES string of the molecule is O=C(O)OCC1COC2(CCCCC2)O1. The third-order valence-corrected chi connectivity index (χ3v) is 2.92. The zero-order valence-electron chi connectivity index (χ0n) is 8.61. The van der Waals surface area contributed by atoms with Gasteiger partial charge >= 0.3 is 6.16 Å². The monoisotopic (exact) mass is 216 g/mol. The Morgan fingerprint density at radius 3 is 2.80 bits per heavy atom. The summed E-state index contributed by atoms with van der Waals surface area (Å²) in [7, 11) is 0. The van der Waals surface area contributed by atoms with E-state index in [1.807, 2.05) is 0 Å². The van der Waals surface area contributed by atoms with Crippen LogP contribution in [0.2, 0.25) is 0 Å². The summed E-state index contributed by atoms with van der Waals surface area (Å²) in [6, 6.07) is 0. The molecule has 5 nitrogen and oxygen atoms in total. The van der Waals surface area contributed by atoms with Crippen molar-refractivity contribution in [3.63, 3.8) is 0 Å². The molecule has 0 aromatic heterocycles. The molecule has 2 aliphatic rings. The Morgan fingerprint density at radius 1 is 1.40 bits per heavy atom. The van der Waals surface area contributed by atoms with Crippen LogP contribution in [-0.4, -0.2) is 36.4 Å². The first-order valence-corrected chi connectivity index (χ1v) is 5.38. The minimum absolute atomic E-state index is 0.0666. The maximum Gasteiger partial charge on any atom is 0.505 e. The number of hydrogen-bond acceptors (Lipinski definition) is 4. The Kier molecular flexibility index (Phi) is 3.11. The Balaban J connectivity index is 1.80. The molecule has 2 fully saturated rings. The van der Waals surface area contributed by atoms with Crippen LogP contribution < -0.4 is 0 Å². The van der Waals surface area contributed by atoms with Gasteiger partial charge in [-0.1, -0.05) is 6.42 Å². The van der Waals surface area contributed by atoms with Crippen molar-refractivity contribution < 1.29 is 24.1 Å². The van der Waals surface area contributed by atoms with Gasteiger partial charge in [0.25, 0.3) is 0 Å². The van der Waals surface area contributed by atoms with E-state index in [4.69, 9.17) is 14.6 Å². The van der Waals surface area contributed by atoms with Gasteiger partial charge in [-0.25, -0.2) is 4.79 Å². The number of carbonyl (C=O) groups is 1. The minimum atomic E-state index is -1.26. The van der Waals surface area contributed by atoms with Crippen LogP contribution in [0.1, 0.15) is 32.1 Å². The summed E-state index contributed by atoms with van der Waals surface area (Å²) in [6.45, 7) is 0.504. The summed E-state index contributed by atoms with van der Waals surface area (Å²) in [6.07, 6.45) is 3.79. The second kappa shape index (κ2) is 4.37. The average Bonchev–Trinajstić information content (AvgIpc) is 2.60. The molecule has 86 valence electrons. The van der Waals surface area contributed by atoms with Gasteiger partial charge in [-0.2, -0.15) is 0 Å². The molecule has 1 unspecified atom stereocenters. The molecule has 0 aromatic carbocycles. The molecule has 0 radical (unpaired) electrons. The normalized spacial score (nSPS) is 29.2. The Bertz CT molecular complexity index is 234. The molecule has 1 saturated heterocycles. The number of carboxylic acid groups (broad SMARTS) is 1. The predicted molar refractivity (Wildman–Crippen MR) is 50.6 cm³/mol. The lowest BCUT2D eigenvalue weighted by Gasteiger charge is -2.31. The van der Waals surface area contributed by atoms with Crippen LogP contribution in [-0.2, 0) is 14.2 Å². The van der Waals surface area contributed by atoms with Crippen molar-refractivity contribution >= 4 is 6.16 Å². The predicted octanol–water partition coefficient (Wildman–Crippen LogP) is 1.76. The van der Waals surface area contributed by atoms with Crippen LogP contribution in [0, 0.1) is 0 Å². The molecule has 1 heterocycles. The van der Waals surface area contributed by atoms with Crippen LogP contribution in [0.3, 0.4) is 0 Å². The highest BCUT2D eigenvalue weighted by atomic mass is 16.8. The molecule has 1 saturated carbocycles. The largest absolute Gasteiger partial charge is 0.505 e. The van der Waals surface area contributed by atoms with Crippen molar-refractivity contribution in [2.45, 2.75) is 44.0 Å². The summed E-state index contributed by atoms with van der Waals surface area (Å²) in [5, 5.41) is 8.36. The van der Waals surface area contributed by atoms with Crippen molar-refractivity contribution in [2.75, 3.05) is 13.2 Å². The maximum absolute atomic E-state index is 10.2. The highest BCUT2D eigenvalue weighted by Gasteiger charge is 2.42. The van der Waals surface area contributed by atoms with E-state index < -0.39 is 11.9 Å². The van der Waals surface area contributed by atoms with Gasteiger partial charge in [0.2, 0.25) is 0 Å². The Morgan fingerprint density at radius 2 is 2.13 bits per heavy atom. The molecule has 1 spiro atoms. The second-order valence-corrected chi connectivity index (χ2v) is 4.10. The zero-order valence-corrected chi connectivity index (χ0v) is 8.61. The molecule has 0 amide bonds. The van der Waals surface area contributed by atoms with E-state index in [1.54, 1.807) is 0 Å². The Hall–Kier alpha value is -0.810. The number of rotatable bonds is 2. The van der Waals surface area contributed by atoms with Gasteiger partial charge in [0.15, 0.2) is 5.79 Å². The molecule has 1 aliphatic carbocycles. The van der Waals surface area contributed by atoms with E-state index in [2.05, 4.69) is 4.74 Å². The fraction of sp³-hybridized carbons (Fsp3) is 0.900. The summed E-state index contributed by atoms with van der Waals surface area (Å²) < 4.78 is 15.8. The highest BCUT2D eigenvalue weighted by Crippen LogP contribution is 2.37. The van der Waals surface area contributed by atoms with Crippen LogP contribution in [0.5, 0.6) is 0 Å². The average molecular weight is 216 g/mol. The standard InChI is InChI=1S/C10H16O5/c11-9(12)13-6-8-7-14-10(15-8)4-2-1-3-5-10/h8H,1-7H2,(H,11,12). The minimum Gasteiger partial charge on any atom is -0.450 e. The summed E-state index contributed by atoms with van der Waals surface area (Å²) in [4.78, 5) is 10.2. The van der Waals surface area contributed by atoms with Crippen LogP contribution in [0.4, 0.5) is 4.79 Å². The first-order valence-electron chi connectivity index (χ1n) is 5.38. The number of hydrogen-bond donors (Lipinski definition) is 1. The van der Waals surface area contributed by atoms with Crippen LogP contribution in [0.25, 0.3) is 0 Å². The van der Waals surface area contributed by atoms with Gasteiger partial charge in [0.1, 0.15) is 12.7 Å². The second-order valence-electron chi connectivity index (χ2n) is 4.10. The van der Waals surface area contributed by atoms with Gasteiger partial charge in [0, 0.05) is 12.8 Å². The van der Waals surface area contributed by atoms with E-state index in [0.717, 1.165) is 25.7 Å². The van der Waals surface area contributed by atoms with Gasteiger partial charge in [-0.3, -0.25) is 0 Å². The van der Waals surface area contributed by atoms with E-state index in [0.29, 0.717) is 6.61 Å². The smallest absolute Gasteiger partial charge is 0.450 e. The third-order valence-electron chi connectivity index (χ3n) is 2.92. The summed E-state index contributed by atoms with van der Waals surface area (Å²) >= 11 is 0. The summed E-state index contributed by atoms with van der Waals surface area (Å²) in [5.74, 6) is -0.440. The molecule has 1 aliphatic heterocycles. The molecule has 15 heavy (non-hydrogen) atoms. The lowest BCUT2D eigenvalue weighted by molar-refractivity contribution is -0.190. The molecular formula is C10H16O5. The highest BCUT2D eigenvalue weighted by molar-refractivity contribution is 5.56. The Labute approximate surface area is 88.3 Å². The van der Waals surface area contributed by atoms with E-state index in [-0.39, 0.29) is 12.7 Å². The molecule has 5 heteroatoms. The van der Waals surface area contributed by atoms with Crippen molar-refractivity contribution in [1.29, 1.82) is 0 Å². The van der Waals surface area contributed by atoms with Crippen LogP contribution >= 0.6 is 0 Å². The van der Waals surface area contributed by atoms with E-state index in [1.165, 1.54) is 6.42 Å². The lowest BCUT2D eigenvalue weighted by atomic mass is 9.94. The van der Waals surface area contributed by atoms with Crippen LogP contribution in [0.15, 0.2) is 0 Å². The number of ether oxygens (including phenoxy) is 3. The van der Waals surface area contributed by atoms with Gasteiger partial charge in [0.05, 0.1) is 6.61 Å². The van der Waals surface area contributed by atoms with Crippen molar-refractivity contribution in [2.24, 2.45) is 0 Å². The summed E-state index contributed by atoms with van der Waals surface area (Å²) in [5.41, 5.74) is 0. The molecule has 2 rings (SSSR count). The maximum atomic E-state index is 10.2. The molecule has 0 aromatic rings. The quantitative estimate of drug-likeness (QED) is 0.712. The first kappa shape index (κ1) is 10.7. The fourth-order valence-electron chi connectivity index (χ4n) is 2.22. The van der Waals surface area contributed by atoms with E-state index >= 15 is 0 Å². The zero-order chi connectivity index (χ0) is 10.7. The molecular weight excluding hydrogens is 200 g/mol. The first-order chi connectivity index (χ1) is 7.20. The fourth-order valence-corrected chi connectivity index (χ4v) is 2.22. The lowest BCUT2D eigenvalue weighted by Crippen LogP contribution is -2.34.